The van der Waals surface area contributed by atoms with E-state index in [-0.39, 0.29) is 6.01 Å². The molecule has 3 N–H and O–H groups in total. The number of ether oxygens (including phenoxy) is 1. The van der Waals surface area contributed by atoms with Gasteiger partial charge in [0.05, 0.1) is 6.61 Å². The Kier molecular flexibility index (Phi) is 3.65. The minimum atomic E-state index is -0.392. The summed E-state index contributed by atoms with van der Waals surface area (Å²) in [6.07, 6.45) is 0. The van der Waals surface area contributed by atoms with E-state index in [0.29, 0.717) is 29.4 Å². The summed E-state index contributed by atoms with van der Waals surface area (Å²) >= 11 is 0. The fourth-order valence-electron chi connectivity index (χ4n) is 1.52. The third-order valence-corrected chi connectivity index (χ3v) is 2.25. The summed E-state index contributed by atoms with van der Waals surface area (Å²) in [5, 5.41) is 6.06. The fraction of sp³-hybridized carbons (Fsp3) is 0.250. The van der Waals surface area contributed by atoms with E-state index in [0.717, 1.165) is 0 Å². The lowest BCUT2D eigenvalue weighted by Gasteiger charge is -2.07. The van der Waals surface area contributed by atoms with E-state index in [1.165, 1.54) is 0 Å². The van der Waals surface area contributed by atoms with Crippen LogP contribution in [0.1, 0.15) is 23.1 Å². The molecule has 0 radical (unpaired) electrons. The van der Waals surface area contributed by atoms with Crippen LogP contribution in [0.25, 0.3) is 0 Å². The van der Waals surface area contributed by atoms with Crippen LogP contribution >= 0.6 is 0 Å². The monoisotopic (exact) mass is 262 g/mol. The highest BCUT2D eigenvalue weighted by Gasteiger charge is 2.12. The van der Waals surface area contributed by atoms with Crippen LogP contribution in [-0.4, -0.2) is 22.7 Å². The maximum atomic E-state index is 12.0. The second kappa shape index (κ2) is 5.38. The van der Waals surface area contributed by atoms with Crippen LogP contribution in [0.3, 0.4) is 0 Å². The Bertz CT molecular complexity index is 594. The van der Waals surface area contributed by atoms with Crippen molar-refractivity contribution in [2.45, 2.75) is 13.8 Å². The Hall–Kier alpha value is -2.57. The van der Waals surface area contributed by atoms with Crippen LogP contribution < -0.4 is 15.8 Å². The quantitative estimate of drug-likeness (QED) is 0.811. The second-order valence-corrected chi connectivity index (χ2v) is 3.82. The van der Waals surface area contributed by atoms with E-state index in [2.05, 4.69) is 15.5 Å². The van der Waals surface area contributed by atoms with Crippen LogP contribution in [0, 0.1) is 6.92 Å². The van der Waals surface area contributed by atoms with Crippen molar-refractivity contribution in [3.63, 3.8) is 0 Å². The van der Waals surface area contributed by atoms with Gasteiger partial charge in [-0.1, -0.05) is 5.16 Å². The van der Waals surface area contributed by atoms with Crippen molar-refractivity contribution in [3.8, 4) is 5.75 Å². The topological polar surface area (TPSA) is 103 Å². The Morgan fingerprint density at radius 3 is 2.89 bits per heavy atom. The van der Waals surface area contributed by atoms with E-state index in [1.807, 2.05) is 6.92 Å². The Labute approximate surface area is 109 Å². The minimum absolute atomic E-state index is 0.0443. The van der Waals surface area contributed by atoms with Gasteiger partial charge in [0.15, 0.2) is 5.82 Å². The first-order valence-corrected chi connectivity index (χ1v) is 5.73. The van der Waals surface area contributed by atoms with Gasteiger partial charge in [-0.15, -0.1) is 0 Å². The number of aryl methyl sites for hydroxylation is 1. The Balaban J connectivity index is 2.18. The van der Waals surface area contributed by atoms with Gasteiger partial charge in [-0.2, -0.15) is 4.98 Å². The number of nitrogens with two attached hydrogens (primary N) is 1. The predicted octanol–water partition coefficient (Wildman–Crippen LogP) is 1.61. The van der Waals surface area contributed by atoms with Crippen molar-refractivity contribution >= 4 is 17.6 Å². The molecule has 2 rings (SSSR count). The first kappa shape index (κ1) is 12.9. The molecule has 0 saturated heterocycles. The van der Waals surface area contributed by atoms with Crippen molar-refractivity contribution in [2.75, 3.05) is 17.7 Å². The molecular formula is C12H14N4O3. The summed E-state index contributed by atoms with van der Waals surface area (Å²) in [7, 11) is 0. The largest absolute Gasteiger partial charge is 0.494 e. The maximum Gasteiger partial charge on any atom is 0.328 e. The SMILES string of the molecule is CCOc1cc(N)cc(C(=O)Nc2nc(C)no2)c1. The zero-order valence-corrected chi connectivity index (χ0v) is 10.6. The molecule has 0 aliphatic carbocycles. The molecule has 1 aromatic carbocycles. The smallest absolute Gasteiger partial charge is 0.328 e. The molecule has 0 spiro atoms. The lowest BCUT2D eigenvalue weighted by Crippen LogP contribution is -2.13. The third kappa shape index (κ3) is 3.21. The lowest BCUT2D eigenvalue weighted by atomic mass is 10.2. The molecule has 0 fully saturated rings. The molecule has 0 aliphatic heterocycles. The number of anilines is 2. The van der Waals surface area contributed by atoms with E-state index in [1.54, 1.807) is 25.1 Å². The van der Waals surface area contributed by atoms with E-state index in [9.17, 15) is 4.79 Å². The van der Waals surface area contributed by atoms with Crippen LogP contribution in [0.2, 0.25) is 0 Å². The number of hydrogen-bond donors (Lipinski definition) is 2. The highest BCUT2D eigenvalue weighted by atomic mass is 16.5. The standard InChI is InChI=1S/C12H14N4O3/c1-3-18-10-5-8(4-9(13)6-10)11(17)15-12-14-7(2)16-19-12/h4-6H,3,13H2,1-2H3,(H,14,15,16,17). The van der Waals surface area contributed by atoms with Gasteiger partial charge in [-0.05, 0) is 26.0 Å². The molecule has 7 nitrogen and oxygen atoms in total. The van der Waals surface area contributed by atoms with E-state index < -0.39 is 5.91 Å². The summed E-state index contributed by atoms with van der Waals surface area (Å²) in [6.45, 7) is 4.00. The number of amides is 1. The molecule has 0 atom stereocenters. The number of rotatable bonds is 4. The van der Waals surface area contributed by atoms with Crippen molar-refractivity contribution < 1.29 is 14.1 Å². The predicted molar refractivity (Wildman–Crippen MR) is 69.0 cm³/mol. The first-order chi connectivity index (χ1) is 9.08. The van der Waals surface area contributed by atoms with Crippen molar-refractivity contribution in [3.05, 3.63) is 29.6 Å². The zero-order valence-electron chi connectivity index (χ0n) is 10.6. The van der Waals surface area contributed by atoms with E-state index in [4.69, 9.17) is 15.0 Å². The van der Waals surface area contributed by atoms with Crippen molar-refractivity contribution in [1.82, 2.24) is 10.1 Å². The molecule has 0 bridgehead atoms. The van der Waals surface area contributed by atoms with Crippen LogP contribution in [0.5, 0.6) is 5.75 Å². The van der Waals surface area contributed by atoms with Crippen LogP contribution in [0.15, 0.2) is 22.7 Å². The Morgan fingerprint density at radius 1 is 1.47 bits per heavy atom. The molecule has 19 heavy (non-hydrogen) atoms. The molecule has 1 aromatic heterocycles. The van der Waals surface area contributed by atoms with Gasteiger partial charge >= 0.3 is 6.01 Å². The number of nitrogen functional groups attached to an aromatic ring is 1. The average molecular weight is 262 g/mol. The zero-order chi connectivity index (χ0) is 13.8. The van der Waals surface area contributed by atoms with Gasteiger partial charge in [-0.25, -0.2) is 0 Å². The minimum Gasteiger partial charge on any atom is -0.494 e. The molecule has 1 amide bonds. The molecule has 0 unspecified atom stereocenters. The summed E-state index contributed by atoms with van der Waals surface area (Å²) in [4.78, 5) is 15.9. The second-order valence-electron chi connectivity index (χ2n) is 3.82. The number of carbonyl (C=O) groups is 1. The molecule has 0 saturated carbocycles. The maximum absolute atomic E-state index is 12.0. The van der Waals surface area contributed by atoms with Gasteiger partial charge < -0.3 is 15.0 Å². The average Bonchev–Trinajstić information content (AvgIpc) is 2.74. The fourth-order valence-corrected chi connectivity index (χ4v) is 1.52. The summed E-state index contributed by atoms with van der Waals surface area (Å²) in [6, 6.07) is 4.83. The molecule has 2 aromatic rings. The van der Waals surface area contributed by atoms with Gasteiger partial charge in [0, 0.05) is 17.3 Å². The molecule has 1 heterocycles. The highest BCUT2D eigenvalue weighted by molar-refractivity contribution is 6.04. The van der Waals surface area contributed by atoms with Gasteiger partial charge in [-0.3, -0.25) is 10.1 Å². The van der Waals surface area contributed by atoms with Crippen LogP contribution in [-0.2, 0) is 0 Å². The number of benzene rings is 1. The number of nitrogens with zero attached hydrogens (tertiary/aromatic N) is 2. The summed E-state index contributed by atoms with van der Waals surface area (Å²) in [5.74, 6) is 0.587. The Morgan fingerprint density at radius 2 is 2.26 bits per heavy atom. The molecular weight excluding hydrogens is 248 g/mol. The number of carbonyl (C=O) groups excluding carboxylic acids is 1. The third-order valence-electron chi connectivity index (χ3n) is 2.25. The number of hydrogen-bond acceptors (Lipinski definition) is 6. The van der Waals surface area contributed by atoms with Crippen LogP contribution in [0.4, 0.5) is 11.7 Å². The highest BCUT2D eigenvalue weighted by Crippen LogP contribution is 2.19. The number of aromatic nitrogens is 2. The molecule has 0 aliphatic rings. The van der Waals surface area contributed by atoms with Gasteiger partial charge in [0.2, 0.25) is 0 Å². The molecule has 100 valence electrons. The normalized spacial score (nSPS) is 10.2. The van der Waals surface area contributed by atoms with Gasteiger partial charge in [0.1, 0.15) is 5.75 Å². The summed E-state index contributed by atoms with van der Waals surface area (Å²) in [5.41, 5.74) is 6.52. The van der Waals surface area contributed by atoms with Crippen molar-refractivity contribution in [2.24, 2.45) is 0 Å². The van der Waals surface area contributed by atoms with Crippen molar-refractivity contribution in [1.29, 1.82) is 0 Å². The first-order valence-electron chi connectivity index (χ1n) is 5.73. The molecule has 7 heteroatoms. The number of nitrogens with one attached hydrogen (secondary N) is 1. The van der Waals surface area contributed by atoms with E-state index >= 15 is 0 Å². The summed E-state index contributed by atoms with van der Waals surface area (Å²) < 4.78 is 10.1. The van der Waals surface area contributed by atoms with Gasteiger partial charge in [0.25, 0.3) is 5.91 Å². The lowest BCUT2D eigenvalue weighted by molar-refractivity contribution is 0.102.